The summed E-state index contributed by atoms with van der Waals surface area (Å²) < 4.78 is 18.8. The largest absolute Gasteiger partial charge is 0.489 e. The number of benzene rings is 1. The molecule has 2 rings (SSSR count). The Morgan fingerprint density at radius 3 is 3.00 bits per heavy atom. The van der Waals surface area contributed by atoms with E-state index in [0.717, 1.165) is 32.4 Å². The Kier molecular flexibility index (Phi) is 8.20. The maximum Gasteiger partial charge on any atom is 0.224 e. The molecule has 1 heterocycles. The number of carbonyl (C=O) groups is 1. The minimum atomic E-state index is -0.320. The molecular weight excluding hydrogens is 307 g/mol. The molecule has 1 aromatic rings. The van der Waals surface area contributed by atoms with Crippen molar-refractivity contribution in [1.82, 2.24) is 10.6 Å². The summed E-state index contributed by atoms with van der Waals surface area (Å²) in [6, 6.07) is 6.07. The highest BCUT2D eigenvalue weighted by atomic mass is 35.5. The molecule has 0 radical (unpaired) electrons. The highest BCUT2D eigenvalue weighted by Crippen LogP contribution is 2.15. The zero-order valence-corrected chi connectivity index (χ0v) is 13.6. The lowest BCUT2D eigenvalue weighted by molar-refractivity contribution is -0.125. The van der Waals surface area contributed by atoms with Gasteiger partial charge >= 0.3 is 0 Å². The molecule has 1 aliphatic rings. The second kappa shape index (κ2) is 9.64. The zero-order chi connectivity index (χ0) is 15.1. The van der Waals surface area contributed by atoms with Gasteiger partial charge in [-0.05, 0) is 37.9 Å². The Bertz CT molecular complexity index is 467. The van der Waals surface area contributed by atoms with E-state index in [9.17, 15) is 9.18 Å². The van der Waals surface area contributed by atoms with E-state index in [0.29, 0.717) is 12.3 Å². The molecule has 0 aliphatic carbocycles. The van der Waals surface area contributed by atoms with E-state index in [1.165, 1.54) is 12.1 Å². The van der Waals surface area contributed by atoms with Gasteiger partial charge in [-0.25, -0.2) is 4.39 Å². The average molecular weight is 331 g/mol. The number of nitrogens with one attached hydrogen (secondary N) is 2. The standard InChI is InChI=1S/C16H23FN2O2.ClH/c1-2-14(21-15-7-3-6-13(17)9-15)11-19-16(20)12-5-4-8-18-10-12;/h3,6-7,9,12,14,18H,2,4-5,8,10-11H2,1H3,(H,19,20);1H. The van der Waals surface area contributed by atoms with Crippen LogP contribution >= 0.6 is 12.4 Å². The number of halogens is 2. The summed E-state index contributed by atoms with van der Waals surface area (Å²) in [6.45, 7) is 4.16. The third-order valence-corrected chi connectivity index (χ3v) is 3.73. The van der Waals surface area contributed by atoms with Crippen LogP contribution in [0.15, 0.2) is 24.3 Å². The molecule has 6 heteroatoms. The summed E-state index contributed by atoms with van der Waals surface area (Å²) in [7, 11) is 0. The lowest BCUT2D eigenvalue weighted by Crippen LogP contribution is -2.43. The minimum Gasteiger partial charge on any atom is -0.489 e. The third-order valence-electron chi connectivity index (χ3n) is 3.73. The van der Waals surface area contributed by atoms with Crippen LogP contribution in [0.1, 0.15) is 26.2 Å². The van der Waals surface area contributed by atoms with Gasteiger partial charge in [-0.3, -0.25) is 4.79 Å². The Hall–Kier alpha value is -1.33. The van der Waals surface area contributed by atoms with Crippen LogP contribution < -0.4 is 15.4 Å². The number of carbonyl (C=O) groups excluding carboxylic acids is 1. The molecule has 2 unspecified atom stereocenters. The predicted octanol–water partition coefficient (Wildman–Crippen LogP) is 2.52. The zero-order valence-electron chi connectivity index (χ0n) is 12.8. The smallest absolute Gasteiger partial charge is 0.224 e. The normalized spacial score (nSPS) is 18.9. The molecule has 1 saturated heterocycles. The predicted molar refractivity (Wildman–Crippen MR) is 87.0 cm³/mol. The van der Waals surface area contributed by atoms with Crippen LogP contribution in [-0.2, 0) is 4.79 Å². The number of hydrogen-bond donors (Lipinski definition) is 2. The van der Waals surface area contributed by atoms with Crippen molar-refractivity contribution in [2.24, 2.45) is 5.92 Å². The van der Waals surface area contributed by atoms with Crippen LogP contribution in [0.4, 0.5) is 4.39 Å². The molecule has 2 atom stereocenters. The molecule has 0 saturated carbocycles. The molecule has 1 aliphatic heterocycles. The van der Waals surface area contributed by atoms with E-state index >= 15 is 0 Å². The minimum absolute atomic E-state index is 0. The number of piperidine rings is 1. The first kappa shape index (κ1) is 18.7. The van der Waals surface area contributed by atoms with Crippen LogP contribution in [0.5, 0.6) is 5.75 Å². The van der Waals surface area contributed by atoms with Gasteiger partial charge < -0.3 is 15.4 Å². The van der Waals surface area contributed by atoms with E-state index < -0.39 is 0 Å². The number of amides is 1. The van der Waals surface area contributed by atoms with Gasteiger partial charge in [-0.15, -0.1) is 12.4 Å². The summed E-state index contributed by atoms with van der Waals surface area (Å²) >= 11 is 0. The van der Waals surface area contributed by atoms with E-state index in [2.05, 4.69) is 10.6 Å². The van der Waals surface area contributed by atoms with Crippen molar-refractivity contribution in [2.75, 3.05) is 19.6 Å². The lowest BCUT2D eigenvalue weighted by Gasteiger charge is -2.24. The van der Waals surface area contributed by atoms with Gasteiger partial charge in [0.15, 0.2) is 0 Å². The fraction of sp³-hybridized carbons (Fsp3) is 0.562. The van der Waals surface area contributed by atoms with Crippen molar-refractivity contribution in [3.05, 3.63) is 30.1 Å². The first-order valence-corrected chi connectivity index (χ1v) is 7.59. The van der Waals surface area contributed by atoms with Gasteiger partial charge in [0.05, 0.1) is 12.5 Å². The quantitative estimate of drug-likeness (QED) is 0.842. The maximum atomic E-state index is 13.1. The van der Waals surface area contributed by atoms with E-state index in [4.69, 9.17) is 4.74 Å². The highest BCUT2D eigenvalue weighted by Gasteiger charge is 2.21. The Labute approximate surface area is 137 Å². The number of ether oxygens (including phenoxy) is 1. The van der Waals surface area contributed by atoms with Crippen molar-refractivity contribution < 1.29 is 13.9 Å². The average Bonchev–Trinajstić information content (AvgIpc) is 2.52. The molecule has 2 N–H and O–H groups in total. The Balaban J connectivity index is 0.00000242. The molecule has 0 aromatic heterocycles. The monoisotopic (exact) mass is 330 g/mol. The van der Waals surface area contributed by atoms with Gasteiger partial charge in [0, 0.05) is 12.6 Å². The van der Waals surface area contributed by atoms with Crippen LogP contribution in [0.3, 0.4) is 0 Å². The molecule has 4 nitrogen and oxygen atoms in total. The first-order valence-electron chi connectivity index (χ1n) is 7.59. The van der Waals surface area contributed by atoms with E-state index in [-0.39, 0.29) is 36.2 Å². The molecule has 1 amide bonds. The fourth-order valence-electron chi connectivity index (χ4n) is 2.44. The summed E-state index contributed by atoms with van der Waals surface area (Å²) in [6.07, 6.45) is 2.57. The molecule has 1 fully saturated rings. The number of hydrogen-bond acceptors (Lipinski definition) is 3. The van der Waals surface area contributed by atoms with Gasteiger partial charge in [-0.2, -0.15) is 0 Å². The summed E-state index contributed by atoms with van der Waals surface area (Å²) in [5.74, 6) is 0.295. The van der Waals surface area contributed by atoms with Crippen LogP contribution in [0, 0.1) is 11.7 Å². The second-order valence-electron chi connectivity index (χ2n) is 5.39. The van der Waals surface area contributed by atoms with E-state index in [1.807, 2.05) is 6.92 Å². The second-order valence-corrected chi connectivity index (χ2v) is 5.39. The van der Waals surface area contributed by atoms with Crippen LogP contribution in [-0.4, -0.2) is 31.6 Å². The number of rotatable bonds is 6. The summed E-state index contributed by atoms with van der Waals surface area (Å²) in [5, 5.41) is 6.17. The summed E-state index contributed by atoms with van der Waals surface area (Å²) in [5.41, 5.74) is 0. The van der Waals surface area contributed by atoms with Gasteiger partial charge in [0.2, 0.25) is 5.91 Å². The van der Waals surface area contributed by atoms with Gasteiger partial charge in [-0.1, -0.05) is 13.0 Å². The molecule has 1 aromatic carbocycles. The topological polar surface area (TPSA) is 50.4 Å². The van der Waals surface area contributed by atoms with Crippen molar-refractivity contribution in [2.45, 2.75) is 32.3 Å². The SMILES string of the molecule is CCC(CNC(=O)C1CCCNC1)Oc1cccc(F)c1.Cl. The van der Waals surface area contributed by atoms with Crippen molar-refractivity contribution in [1.29, 1.82) is 0 Å². The molecular formula is C16H24ClFN2O2. The first-order chi connectivity index (χ1) is 10.2. The Morgan fingerprint density at radius 1 is 1.55 bits per heavy atom. The third kappa shape index (κ3) is 5.81. The van der Waals surface area contributed by atoms with Crippen LogP contribution in [0.2, 0.25) is 0 Å². The fourth-order valence-corrected chi connectivity index (χ4v) is 2.44. The molecule has 22 heavy (non-hydrogen) atoms. The van der Waals surface area contributed by atoms with Crippen molar-refractivity contribution in [3.63, 3.8) is 0 Å². The molecule has 0 spiro atoms. The van der Waals surface area contributed by atoms with Crippen molar-refractivity contribution >= 4 is 18.3 Å². The van der Waals surface area contributed by atoms with Crippen LogP contribution in [0.25, 0.3) is 0 Å². The van der Waals surface area contributed by atoms with Crippen molar-refractivity contribution in [3.8, 4) is 5.75 Å². The molecule has 0 bridgehead atoms. The lowest BCUT2D eigenvalue weighted by atomic mass is 9.99. The molecule has 124 valence electrons. The highest BCUT2D eigenvalue weighted by molar-refractivity contribution is 5.85. The summed E-state index contributed by atoms with van der Waals surface area (Å²) in [4.78, 5) is 12.1. The van der Waals surface area contributed by atoms with Gasteiger partial charge in [0.1, 0.15) is 17.7 Å². The maximum absolute atomic E-state index is 13.1. The van der Waals surface area contributed by atoms with E-state index in [1.54, 1.807) is 12.1 Å². The Morgan fingerprint density at radius 2 is 2.36 bits per heavy atom. The van der Waals surface area contributed by atoms with Gasteiger partial charge in [0.25, 0.3) is 0 Å².